The van der Waals surface area contributed by atoms with E-state index >= 15 is 0 Å². The fraction of sp³-hybridized carbons (Fsp3) is 0.647. The first kappa shape index (κ1) is 17.5. The van der Waals surface area contributed by atoms with Crippen molar-refractivity contribution in [2.45, 2.75) is 59.3 Å². The van der Waals surface area contributed by atoms with Crippen LogP contribution in [-0.2, 0) is 5.41 Å². The van der Waals surface area contributed by atoms with Crippen LogP contribution in [0.5, 0.6) is 0 Å². The zero-order chi connectivity index (χ0) is 15.9. The maximum atomic E-state index is 12.3. The summed E-state index contributed by atoms with van der Waals surface area (Å²) in [6.07, 6.45) is 3.11. The number of rotatable bonds is 7. The van der Waals surface area contributed by atoms with Gasteiger partial charge in [-0.05, 0) is 25.0 Å². The first-order valence-electron chi connectivity index (χ1n) is 7.93. The number of aromatic nitrogens is 1. The lowest BCUT2D eigenvalue weighted by atomic mass is 9.90. The number of nitrogens with zero attached hydrogens (tertiary/aromatic N) is 1. The molecule has 4 heteroatoms. The molecule has 0 saturated heterocycles. The van der Waals surface area contributed by atoms with E-state index in [0.29, 0.717) is 5.56 Å². The molecule has 1 aromatic heterocycles. The molecule has 0 aliphatic heterocycles. The monoisotopic (exact) mass is 291 g/mol. The first-order valence-corrected chi connectivity index (χ1v) is 7.93. The number of pyridine rings is 1. The van der Waals surface area contributed by atoms with Gasteiger partial charge >= 0.3 is 0 Å². The van der Waals surface area contributed by atoms with Gasteiger partial charge in [-0.2, -0.15) is 0 Å². The summed E-state index contributed by atoms with van der Waals surface area (Å²) in [6, 6.07) is 3.74. The molecule has 1 rings (SSSR count). The molecule has 0 fully saturated rings. The van der Waals surface area contributed by atoms with Crippen LogP contribution in [0.4, 0.5) is 5.82 Å². The highest BCUT2D eigenvalue weighted by molar-refractivity contribution is 5.95. The summed E-state index contributed by atoms with van der Waals surface area (Å²) in [7, 11) is 0. The minimum absolute atomic E-state index is 0.0177. The van der Waals surface area contributed by atoms with Crippen molar-refractivity contribution in [2.24, 2.45) is 0 Å². The topological polar surface area (TPSA) is 54.0 Å². The maximum Gasteiger partial charge on any atom is 0.251 e. The Labute approximate surface area is 128 Å². The summed E-state index contributed by atoms with van der Waals surface area (Å²) < 4.78 is 0. The SMILES string of the molecule is CCCCNC(=O)c1cc(NCCC)nc(C(C)(C)C)c1. The van der Waals surface area contributed by atoms with Crippen LogP contribution in [0.15, 0.2) is 12.1 Å². The van der Waals surface area contributed by atoms with Gasteiger partial charge in [0.25, 0.3) is 5.91 Å². The largest absolute Gasteiger partial charge is 0.370 e. The van der Waals surface area contributed by atoms with Crippen molar-refractivity contribution >= 4 is 11.7 Å². The molecule has 1 heterocycles. The van der Waals surface area contributed by atoms with Crippen LogP contribution in [0.2, 0.25) is 0 Å². The van der Waals surface area contributed by atoms with Gasteiger partial charge in [0.05, 0.1) is 0 Å². The number of carbonyl (C=O) groups is 1. The quantitative estimate of drug-likeness (QED) is 0.753. The molecule has 0 atom stereocenters. The van der Waals surface area contributed by atoms with Crippen LogP contribution in [0.25, 0.3) is 0 Å². The predicted octanol–water partition coefficient (Wildman–Crippen LogP) is 3.73. The molecule has 0 spiro atoms. The molecule has 4 nitrogen and oxygen atoms in total. The second kappa shape index (κ2) is 8.01. The average molecular weight is 291 g/mol. The van der Waals surface area contributed by atoms with Gasteiger partial charge in [-0.3, -0.25) is 4.79 Å². The zero-order valence-electron chi connectivity index (χ0n) is 14.0. The smallest absolute Gasteiger partial charge is 0.251 e. The van der Waals surface area contributed by atoms with E-state index in [1.807, 2.05) is 12.1 Å². The molecule has 0 radical (unpaired) electrons. The molecular weight excluding hydrogens is 262 g/mol. The first-order chi connectivity index (χ1) is 9.88. The zero-order valence-corrected chi connectivity index (χ0v) is 14.0. The Balaban J connectivity index is 2.98. The number of amides is 1. The van der Waals surface area contributed by atoms with E-state index in [-0.39, 0.29) is 11.3 Å². The molecule has 1 aromatic rings. The van der Waals surface area contributed by atoms with E-state index in [2.05, 4.69) is 50.2 Å². The Morgan fingerprint density at radius 2 is 1.86 bits per heavy atom. The number of nitrogens with one attached hydrogen (secondary N) is 2. The summed E-state index contributed by atoms with van der Waals surface area (Å²) in [5.74, 6) is 0.765. The number of carbonyl (C=O) groups excluding carboxylic acids is 1. The predicted molar refractivity (Wildman–Crippen MR) is 89.0 cm³/mol. The molecular formula is C17H29N3O. The van der Waals surface area contributed by atoms with Crippen LogP contribution >= 0.6 is 0 Å². The van der Waals surface area contributed by atoms with Gasteiger partial charge in [-0.25, -0.2) is 4.98 Å². The fourth-order valence-corrected chi connectivity index (χ4v) is 1.87. The molecule has 0 aliphatic rings. The molecule has 0 saturated carbocycles. The summed E-state index contributed by atoms with van der Waals surface area (Å²) in [6.45, 7) is 12.1. The Bertz CT molecular complexity index is 464. The molecule has 1 amide bonds. The molecule has 0 aliphatic carbocycles. The van der Waals surface area contributed by atoms with Crippen molar-refractivity contribution in [3.05, 3.63) is 23.4 Å². The third-order valence-electron chi connectivity index (χ3n) is 3.23. The molecule has 2 N–H and O–H groups in total. The van der Waals surface area contributed by atoms with Gasteiger partial charge in [0.1, 0.15) is 5.82 Å². The van der Waals surface area contributed by atoms with Crippen LogP contribution in [0, 0.1) is 0 Å². The van der Waals surface area contributed by atoms with Crippen molar-refractivity contribution in [1.29, 1.82) is 0 Å². The summed E-state index contributed by atoms with van der Waals surface area (Å²) in [5, 5.41) is 6.25. The second-order valence-corrected chi connectivity index (χ2v) is 6.41. The van der Waals surface area contributed by atoms with Crippen molar-refractivity contribution in [2.75, 3.05) is 18.4 Å². The molecule has 0 bridgehead atoms. The van der Waals surface area contributed by atoms with Crippen molar-refractivity contribution in [3.8, 4) is 0 Å². The molecule has 0 unspecified atom stereocenters. The summed E-state index contributed by atoms with van der Waals surface area (Å²) >= 11 is 0. The Hall–Kier alpha value is -1.58. The van der Waals surface area contributed by atoms with Gasteiger partial charge in [0.2, 0.25) is 0 Å². The van der Waals surface area contributed by atoms with Gasteiger partial charge in [0.15, 0.2) is 0 Å². The third kappa shape index (κ3) is 5.74. The second-order valence-electron chi connectivity index (χ2n) is 6.41. The van der Waals surface area contributed by atoms with Crippen molar-refractivity contribution in [3.63, 3.8) is 0 Å². The standard InChI is InChI=1S/C17H29N3O/c1-6-8-10-19-16(21)13-11-14(17(3,4)5)20-15(12-13)18-9-7-2/h11-12H,6-10H2,1-5H3,(H,18,20)(H,19,21). The van der Waals surface area contributed by atoms with E-state index in [0.717, 1.165) is 43.9 Å². The fourth-order valence-electron chi connectivity index (χ4n) is 1.87. The maximum absolute atomic E-state index is 12.3. The molecule has 118 valence electrons. The lowest BCUT2D eigenvalue weighted by Crippen LogP contribution is -2.25. The lowest BCUT2D eigenvalue weighted by molar-refractivity contribution is 0.0953. The molecule has 0 aromatic carbocycles. The Kier molecular flexibility index (Phi) is 6.66. The van der Waals surface area contributed by atoms with Gasteiger partial charge < -0.3 is 10.6 Å². The highest BCUT2D eigenvalue weighted by Gasteiger charge is 2.19. The van der Waals surface area contributed by atoms with Crippen LogP contribution in [-0.4, -0.2) is 24.0 Å². The van der Waals surface area contributed by atoms with Crippen LogP contribution in [0.3, 0.4) is 0 Å². The van der Waals surface area contributed by atoms with Crippen molar-refractivity contribution < 1.29 is 4.79 Å². The third-order valence-corrected chi connectivity index (χ3v) is 3.23. The van der Waals surface area contributed by atoms with Crippen LogP contribution < -0.4 is 10.6 Å². The highest BCUT2D eigenvalue weighted by atomic mass is 16.1. The molecule has 21 heavy (non-hydrogen) atoms. The van der Waals surface area contributed by atoms with Gasteiger partial charge in [-0.15, -0.1) is 0 Å². The Morgan fingerprint density at radius 3 is 2.43 bits per heavy atom. The highest BCUT2D eigenvalue weighted by Crippen LogP contribution is 2.23. The van der Waals surface area contributed by atoms with E-state index in [9.17, 15) is 4.79 Å². The van der Waals surface area contributed by atoms with Crippen LogP contribution in [0.1, 0.15) is 69.9 Å². The number of unbranched alkanes of at least 4 members (excludes halogenated alkanes) is 1. The van der Waals surface area contributed by atoms with Gasteiger partial charge in [0, 0.05) is 29.8 Å². The number of hydrogen-bond donors (Lipinski definition) is 2. The minimum atomic E-state index is -0.0810. The van der Waals surface area contributed by atoms with E-state index in [1.165, 1.54) is 0 Å². The van der Waals surface area contributed by atoms with E-state index in [4.69, 9.17) is 0 Å². The summed E-state index contributed by atoms with van der Waals surface area (Å²) in [5.41, 5.74) is 1.54. The number of hydrogen-bond acceptors (Lipinski definition) is 3. The minimum Gasteiger partial charge on any atom is -0.370 e. The average Bonchev–Trinajstić information content (AvgIpc) is 2.44. The van der Waals surface area contributed by atoms with Gasteiger partial charge in [-0.1, -0.05) is 41.0 Å². The normalized spacial score (nSPS) is 11.3. The summed E-state index contributed by atoms with van der Waals surface area (Å²) in [4.78, 5) is 16.9. The number of anilines is 1. The van der Waals surface area contributed by atoms with E-state index in [1.54, 1.807) is 0 Å². The lowest BCUT2D eigenvalue weighted by Gasteiger charge is -2.20. The van der Waals surface area contributed by atoms with E-state index < -0.39 is 0 Å². The van der Waals surface area contributed by atoms with Crippen molar-refractivity contribution in [1.82, 2.24) is 10.3 Å². The Morgan fingerprint density at radius 1 is 1.14 bits per heavy atom.